The maximum absolute atomic E-state index is 12.2. The highest BCUT2D eigenvalue weighted by Gasteiger charge is 2.27. The van der Waals surface area contributed by atoms with Crippen LogP contribution in [0.3, 0.4) is 0 Å². The minimum Gasteiger partial charge on any atom is -0.346 e. The third kappa shape index (κ3) is 2.32. The zero-order valence-electron chi connectivity index (χ0n) is 12.3. The van der Waals surface area contributed by atoms with Crippen molar-refractivity contribution in [2.24, 2.45) is 10.9 Å². The summed E-state index contributed by atoms with van der Waals surface area (Å²) in [6.45, 7) is 0. The van der Waals surface area contributed by atoms with E-state index < -0.39 is 0 Å². The Morgan fingerprint density at radius 2 is 2.09 bits per heavy atom. The van der Waals surface area contributed by atoms with Gasteiger partial charge in [-0.05, 0) is 31.1 Å². The van der Waals surface area contributed by atoms with Crippen molar-refractivity contribution in [2.75, 3.05) is 0 Å². The number of hydrogen-bond acceptors (Lipinski definition) is 3. The van der Waals surface area contributed by atoms with Gasteiger partial charge in [-0.2, -0.15) is 0 Å². The van der Waals surface area contributed by atoms with Crippen LogP contribution in [0, 0.1) is 5.92 Å². The van der Waals surface area contributed by atoms with Gasteiger partial charge in [0.1, 0.15) is 17.2 Å². The van der Waals surface area contributed by atoms with Crippen molar-refractivity contribution in [3.8, 4) is 0 Å². The standard InChI is InChI=1S/C17H18N4O/c22-17-14(20-15(21-17)11-5-2-1-3-6-11)9-12-10-19-16-13(12)7-4-8-18-16/h4,7-11H,1-3,5-6H2,(H,18,19)(H,20,21,22)/b14-9-. The molecular formula is C17H18N4O. The van der Waals surface area contributed by atoms with E-state index in [0.717, 1.165) is 35.3 Å². The fraction of sp³-hybridized carbons (Fsp3) is 0.353. The lowest BCUT2D eigenvalue weighted by atomic mass is 9.88. The number of fused-ring (bicyclic) bond motifs is 1. The van der Waals surface area contributed by atoms with Crippen LogP contribution in [0.5, 0.6) is 0 Å². The van der Waals surface area contributed by atoms with Crippen molar-refractivity contribution >= 4 is 28.9 Å². The molecule has 0 aromatic carbocycles. The molecular weight excluding hydrogens is 276 g/mol. The maximum atomic E-state index is 12.2. The lowest BCUT2D eigenvalue weighted by Crippen LogP contribution is -2.31. The predicted octanol–water partition coefficient (Wildman–Crippen LogP) is 3.01. The van der Waals surface area contributed by atoms with E-state index in [0.29, 0.717) is 11.6 Å². The van der Waals surface area contributed by atoms with Crippen LogP contribution >= 0.6 is 0 Å². The number of aliphatic imine (C=N–C) groups is 1. The van der Waals surface area contributed by atoms with Crippen LogP contribution < -0.4 is 5.32 Å². The van der Waals surface area contributed by atoms with E-state index in [1.807, 2.05) is 24.4 Å². The normalized spacial score (nSPS) is 21.4. The molecule has 112 valence electrons. The van der Waals surface area contributed by atoms with Gasteiger partial charge in [0, 0.05) is 29.3 Å². The number of carbonyl (C=O) groups is 1. The Morgan fingerprint density at radius 3 is 2.95 bits per heavy atom. The summed E-state index contributed by atoms with van der Waals surface area (Å²) < 4.78 is 0. The summed E-state index contributed by atoms with van der Waals surface area (Å²) >= 11 is 0. The van der Waals surface area contributed by atoms with Gasteiger partial charge < -0.3 is 10.3 Å². The van der Waals surface area contributed by atoms with Crippen LogP contribution in [0.2, 0.25) is 0 Å². The summed E-state index contributed by atoms with van der Waals surface area (Å²) in [4.78, 5) is 24.1. The zero-order valence-corrected chi connectivity index (χ0v) is 12.3. The molecule has 2 aromatic rings. The molecule has 2 aromatic heterocycles. The van der Waals surface area contributed by atoms with Crippen molar-refractivity contribution in [2.45, 2.75) is 32.1 Å². The van der Waals surface area contributed by atoms with Crippen molar-refractivity contribution in [1.82, 2.24) is 15.3 Å². The molecule has 0 spiro atoms. The number of aromatic nitrogens is 2. The first-order valence-corrected chi connectivity index (χ1v) is 7.85. The van der Waals surface area contributed by atoms with Gasteiger partial charge >= 0.3 is 0 Å². The molecule has 4 rings (SSSR count). The van der Waals surface area contributed by atoms with Crippen LogP contribution in [-0.4, -0.2) is 21.7 Å². The Kier molecular flexibility index (Phi) is 3.25. The number of nitrogens with zero attached hydrogens (tertiary/aromatic N) is 2. The zero-order chi connectivity index (χ0) is 14.9. The van der Waals surface area contributed by atoms with Gasteiger partial charge in [-0.15, -0.1) is 0 Å². The highest BCUT2D eigenvalue weighted by Crippen LogP contribution is 2.27. The topological polar surface area (TPSA) is 70.1 Å². The largest absolute Gasteiger partial charge is 0.346 e. The molecule has 0 bridgehead atoms. The number of H-pyrrole nitrogens is 1. The number of hydrogen-bond donors (Lipinski definition) is 2. The van der Waals surface area contributed by atoms with E-state index in [4.69, 9.17) is 0 Å². The minimum atomic E-state index is -0.0983. The monoisotopic (exact) mass is 294 g/mol. The fourth-order valence-corrected chi connectivity index (χ4v) is 3.30. The smallest absolute Gasteiger partial charge is 0.275 e. The number of amides is 1. The quantitative estimate of drug-likeness (QED) is 0.836. The highest BCUT2D eigenvalue weighted by atomic mass is 16.2. The lowest BCUT2D eigenvalue weighted by Gasteiger charge is -2.20. The van der Waals surface area contributed by atoms with E-state index in [1.165, 1.54) is 19.3 Å². The fourth-order valence-electron chi connectivity index (χ4n) is 3.30. The minimum absolute atomic E-state index is 0.0983. The second kappa shape index (κ2) is 5.40. The van der Waals surface area contributed by atoms with Crippen molar-refractivity contribution in [3.63, 3.8) is 0 Å². The van der Waals surface area contributed by atoms with E-state index in [-0.39, 0.29) is 5.91 Å². The van der Waals surface area contributed by atoms with Crippen molar-refractivity contribution < 1.29 is 4.79 Å². The number of carbonyl (C=O) groups excluding carboxylic acids is 1. The van der Waals surface area contributed by atoms with Gasteiger partial charge in [-0.25, -0.2) is 9.98 Å². The number of rotatable bonds is 2. The summed E-state index contributed by atoms with van der Waals surface area (Å²) in [6, 6.07) is 3.88. The van der Waals surface area contributed by atoms with Crippen LogP contribution in [0.15, 0.2) is 35.2 Å². The maximum Gasteiger partial charge on any atom is 0.275 e. The molecule has 1 aliphatic heterocycles. The lowest BCUT2D eigenvalue weighted by molar-refractivity contribution is -0.115. The molecule has 2 N–H and O–H groups in total. The molecule has 3 heterocycles. The summed E-state index contributed by atoms with van der Waals surface area (Å²) in [5, 5.41) is 3.95. The van der Waals surface area contributed by atoms with E-state index >= 15 is 0 Å². The average Bonchev–Trinajstić information content (AvgIpc) is 3.13. The molecule has 1 aliphatic carbocycles. The molecule has 0 saturated heterocycles. The van der Waals surface area contributed by atoms with Crippen molar-refractivity contribution in [3.05, 3.63) is 35.8 Å². The molecule has 0 atom stereocenters. The Labute approximate surface area is 128 Å². The molecule has 5 nitrogen and oxygen atoms in total. The first-order chi connectivity index (χ1) is 10.8. The van der Waals surface area contributed by atoms with Crippen LogP contribution in [0.1, 0.15) is 37.7 Å². The van der Waals surface area contributed by atoms with Crippen molar-refractivity contribution in [1.29, 1.82) is 0 Å². The molecule has 5 heteroatoms. The first-order valence-electron chi connectivity index (χ1n) is 7.85. The Bertz CT molecular complexity index is 781. The number of amidine groups is 1. The Hall–Kier alpha value is -2.43. The van der Waals surface area contributed by atoms with Gasteiger partial charge in [0.2, 0.25) is 0 Å². The first kappa shape index (κ1) is 13.2. The molecule has 0 radical (unpaired) electrons. The van der Waals surface area contributed by atoms with E-state index in [2.05, 4.69) is 20.3 Å². The summed E-state index contributed by atoms with van der Waals surface area (Å²) in [6.07, 6.45) is 11.5. The third-order valence-electron chi connectivity index (χ3n) is 4.48. The highest BCUT2D eigenvalue weighted by molar-refractivity contribution is 6.15. The van der Waals surface area contributed by atoms with E-state index in [1.54, 1.807) is 6.20 Å². The predicted molar refractivity (Wildman–Crippen MR) is 86.2 cm³/mol. The summed E-state index contributed by atoms with van der Waals surface area (Å²) in [5.74, 6) is 1.17. The number of aromatic amines is 1. The van der Waals surface area contributed by atoms with Crippen LogP contribution in [0.25, 0.3) is 17.1 Å². The third-order valence-corrected chi connectivity index (χ3v) is 4.48. The number of pyridine rings is 1. The Balaban J connectivity index is 1.66. The van der Waals surface area contributed by atoms with Gasteiger partial charge in [0.15, 0.2) is 0 Å². The molecule has 22 heavy (non-hydrogen) atoms. The van der Waals surface area contributed by atoms with Gasteiger partial charge in [-0.1, -0.05) is 19.3 Å². The van der Waals surface area contributed by atoms with Gasteiger partial charge in [0.05, 0.1) is 0 Å². The van der Waals surface area contributed by atoms with E-state index in [9.17, 15) is 4.79 Å². The van der Waals surface area contributed by atoms with Gasteiger partial charge in [0.25, 0.3) is 5.91 Å². The molecule has 2 aliphatic rings. The average molecular weight is 294 g/mol. The SMILES string of the molecule is O=C1NC(C2CCCCC2)=N/C1=C\c1c[nH]c2ncccc12. The molecule has 1 saturated carbocycles. The summed E-state index contributed by atoms with van der Waals surface area (Å²) in [7, 11) is 0. The van der Waals surface area contributed by atoms with Gasteiger partial charge in [-0.3, -0.25) is 4.79 Å². The van der Waals surface area contributed by atoms with Crippen LogP contribution in [-0.2, 0) is 4.79 Å². The molecule has 0 unspecified atom stereocenters. The number of nitrogens with one attached hydrogen (secondary N) is 2. The second-order valence-corrected chi connectivity index (χ2v) is 5.96. The summed E-state index contributed by atoms with van der Waals surface area (Å²) in [5.41, 5.74) is 2.26. The van der Waals surface area contributed by atoms with Crippen LogP contribution in [0.4, 0.5) is 0 Å². The molecule has 1 amide bonds. The molecule has 1 fully saturated rings. The Morgan fingerprint density at radius 1 is 1.23 bits per heavy atom. The second-order valence-electron chi connectivity index (χ2n) is 5.96.